The largest absolute Gasteiger partial charge is 0.356 e. The number of thiazole rings is 1. The van der Waals surface area contributed by atoms with Crippen molar-refractivity contribution in [2.24, 2.45) is 4.99 Å². The highest BCUT2D eigenvalue weighted by molar-refractivity contribution is 7.11. The Morgan fingerprint density at radius 3 is 3.00 bits per heavy atom. The molecule has 130 valence electrons. The Hall–Kier alpha value is -1.96. The van der Waals surface area contributed by atoms with Gasteiger partial charge in [-0.15, -0.1) is 21.5 Å². The molecule has 2 aromatic rings. The van der Waals surface area contributed by atoms with E-state index in [1.165, 1.54) is 24.1 Å². The van der Waals surface area contributed by atoms with Gasteiger partial charge in [-0.1, -0.05) is 6.42 Å². The van der Waals surface area contributed by atoms with E-state index in [0.29, 0.717) is 6.54 Å². The minimum absolute atomic E-state index is 0.642. The van der Waals surface area contributed by atoms with E-state index in [-0.39, 0.29) is 0 Å². The van der Waals surface area contributed by atoms with Crippen LogP contribution in [0.3, 0.4) is 0 Å². The average molecular weight is 347 g/mol. The summed E-state index contributed by atoms with van der Waals surface area (Å²) in [5, 5.41) is 16.5. The second-order valence-electron chi connectivity index (χ2n) is 5.96. The summed E-state index contributed by atoms with van der Waals surface area (Å²) in [5.74, 6) is 2.89. The van der Waals surface area contributed by atoms with Gasteiger partial charge in [0.05, 0.1) is 11.6 Å². The normalized spacial score (nSPS) is 15.0. The first-order chi connectivity index (χ1) is 11.8. The van der Waals surface area contributed by atoms with E-state index in [4.69, 9.17) is 0 Å². The molecule has 0 spiro atoms. The van der Waals surface area contributed by atoms with Crippen LogP contribution in [0.25, 0.3) is 0 Å². The van der Waals surface area contributed by atoms with Gasteiger partial charge in [-0.2, -0.15) is 0 Å². The van der Waals surface area contributed by atoms with Crippen LogP contribution in [-0.4, -0.2) is 39.3 Å². The number of aromatic nitrogens is 4. The van der Waals surface area contributed by atoms with Gasteiger partial charge >= 0.3 is 0 Å². The first-order valence-corrected chi connectivity index (χ1v) is 9.34. The van der Waals surface area contributed by atoms with Crippen molar-refractivity contribution in [2.45, 2.75) is 52.1 Å². The third kappa shape index (κ3) is 4.31. The number of hydrogen-bond acceptors (Lipinski definition) is 5. The van der Waals surface area contributed by atoms with E-state index in [0.717, 1.165) is 48.5 Å². The maximum Gasteiger partial charge on any atom is 0.191 e. The SMILES string of the molecule is CN=C(NCCc1ncc(C)s1)NCc1nnc2n1CCCCC2. The lowest BCUT2D eigenvalue weighted by atomic mass is 10.2. The van der Waals surface area contributed by atoms with E-state index < -0.39 is 0 Å². The van der Waals surface area contributed by atoms with Crippen molar-refractivity contribution in [3.05, 3.63) is 27.7 Å². The number of aryl methyl sites for hydroxylation is 2. The molecule has 1 aliphatic heterocycles. The molecule has 0 saturated carbocycles. The van der Waals surface area contributed by atoms with Crippen LogP contribution < -0.4 is 10.6 Å². The Balaban J connectivity index is 1.48. The van der Waals surface area contributed by atoms with E-state index in [1.54, 1.807) is 18.4 Å². The fourth-order valence-corrected chi connectivity index (χ4v) is 3.65. The Bertz CT molecular complexity index is 688. The molecule has 3 heterocycles. The Morgan fingerprint density at radius 2 is 2.21 bits per heavy atom. The van der Waals surface area contributed by atoms with Crippen molar-refractivity contribution < 1.29 is 0 Å². The standard InChI is InChI=1S/C16H25N7S/c1-12-10-19-15(24-12)7-8-18-16(17-2)20-11-14-22-21-13-6-4-3-5-9-23(13)14/h10H,3-9,11H2,1-2H3,(H2,17,18,20). The van der Waals surface area contributed by atoms with Gasteiger partial charge in [0.1, 0.15) is 5.82 Å². The molecular weight excluding hydrogens is 322 g/mol. The second-order valence-corrected chi connectivity index (χ2v) is 7.28. The number of nitrogens with one attached hydrogen (secondary N) is 2. The highest BCUT2D eigenvalue weighted by Crippen LogP contribution is 2.14. The summed E-state index contributed by atoms with van der Waals surface area (Å²) in [4.78, 5) is 9.90. The molecule has 0 bridgehead atoms. The number of rotatable bonds is 5. The molecule has 0 fully saturated rings. The molecule has 2 N–H and O–H groups in total. The van der Waals surface area contributed by atoms with Gasteiger partial charge in [-0.05, 0) is 19.8 Å². The predicted molar refractivity (Wildman–Crippen MR) is 96.3 cm³/mol. The van der Waals surface area contributed by atoms with Gasteiger partial charge in [0.25, 0.3) is 0 Å². The van der Waals surface area contributed by atoms with E-state index in [1.807, 2.05) is 6.20 Å². The fraction of sp³-hybridized carbons (Fsp3) is 0.625. The summed E-state index contributed by atoms with van der Waals surface area (Å²) in [6.45, 7) is 4.55. The van der Waals surface area contributed by atoms with Crippen LogP contribution in [0.4, 0.5) is 0 Å². The first kappa shape index (κ1) is 16.9. The van der Waals surface area contributed by atoms with Gasteiger partial charge in [-0.3, -0.25) is 4.99 Å². The zero-order valence-electron chi connectivity index (χ0n) is 14.4. The molecule has 0 saturated heterocycles. The Morgan fingerprint density at radius 1 is 1.29 bits per heavy atom. The molecule has 0 atom stereocenters. The molecule has 24 heavy (non-hydrogen) atoms. The van der Waals surface area contributed by atoms with Crippen molar-refractivity contribution in [3.8, 4) is 0 Å². The van der Waals surface area contributed by atoms with Crippen molar-refractivity contribution in [1.29, 1.82) is 0 Å². The van der Waals surface area contributed by atoms with Crippen LogP contribution in [0, 0.1) is 6.92 Å². The van der Waals surface area contributed by atoms with Crippen LogP contribution in [0.2, 0.25) is 0 Å². The van der Waals surface area contributed by atoms with Gasteiger partial charge in [0.2, 0.25) is 0 Å². The number of guanidine groups is 1. The molecule has 0 aliphatic carbocycles. The quantitative estimate of drug-likeness (QED) is 0.635. The van der Waals surface area contributed by atoms with Crippen molar-refractivity contribution in [2.75, 3.05) is 13.6 Å². The first-order valence-electron chi connectivity index (χ1n) is 8.53. The van der Waals surface area contributed by atoms with E-state index in [9.17, 15) is 0 Å². The molecular formula is C16H25N7S. The molecule has 1 aliphatic rings. The van der Waals surface area contributed by atoms with E-state index in [2.05, 4.69) is 42.3 Å². The highest BCUT2D eigenvalue weighted by atomic mass is 32.1. The maximum atomic E-state index is 4.38. The Labute approximate surface area is 146 Å². The van der Waals surface area contributed by atoms with Gasteiger partial charge in [0.15, 0.2) is 11.8 Å². The average Bonchev–Trinajstić information content (AvgIpc) is 3.09. The topological polar surface area (TPSA) is 80.0 Å². The molecule has 0 unspecified atom stereocenters. The molecule has 0 amide bonds. The molecule has 0 radical (unpaired) electrons. The minimum Gasteiger partial charge on any atom is -0.356 e. The molecule has 0 aromatic carbocycles. The van der Waals surface area contributed by atoms with Crippen LogP contribution >= 0.6 is 11.3 Å². The van der Waals surface area contributed by atoms with Crippen molar-refractivity contribution in [1.82, 2.24) is 30.4 Å². The predicted octanol–water partition coefficient (Wildman–Crippen LogP) is 1.68. The number of aliphatic imine (C=N–C) groups is 1. The lowest BCUT2D eigenvalue weighted by Gasteiger charge is -2.12. The maximum absolute atomic E-state index is 4.38. The van der Waals surface area contributed by atoms with E-state index >= 15 is 0 Å². The third-order valence-corrected chi connectivity index (χ3v) is 5.10. The summed E-state index contributed by atoms with van der Waals surface area (Å²) < 4.78 is 2.26. The zero-order chi connectivity index (χ0) is 16.8. The number of fused-ring (bicyclic) bond motifs is 1. The van der Waals surface area contributed by atoms with Crippen LogP contribution in [0.1, 0.15) is 40.8 Å². The van der Waals surface area contributed by atoms with Crippen LogP contribution in [0.5, 0.6) is 0 Å². The van der Waals surface area contributed by atoms with Crippen molar-refractivity contribution in [3.63, 3.8) is 0 Å². The smallest absolute Gasteiger partial charge is 0.191 e. The van der Waals surface area contributed by atoms with Crippen molar-refractivity contribution >= 4 is 17.3 Å². The summed E-state index contributed by atoms with van der Waals surface area (Å²) in [6, 6.07) is 0. The summed E-state index contributed by atoms with van der Waals surface area (Å²) in [6.07, 6.45) is 7.55. The minimum atomic E-state index is 0.642. The Kier molecular flexibility index (Phi) is 5.79. The van der Waals surface area contributed by atoms with Crippen LogP contribution in [-0.2, 0) is 25.9 Å². The fourth-order valence-electron chi connectivity index (χ4n) is 2.86. The lowest BCUT2D eigenvalue weighted by Crippen LogP contribution is -2.38. The van der Waals surface area contributed by atoms with Gasteiger partial charge in [0, 0.05) is 44.1 Å². The zero-order valence-corrected chi connectivity index (χ0v) is 15.2. The van der Waals surface area contributed by atoms with Gasteiger partial charge in [-0.25, -0.2) is 4.98 Å². The lowest BCUT2D eigenvalue weighted by molar-refractivity contribution is 0.596. The second kappa shape index (κ2) is 8.23. The summed E-state index contributed by atoms with van der Waals surface area (Å²) in [5.41, 5.74) is 0. The summed E-state index contributed by atoms with van der Waals surface area (Å²) in [7, 11) is 1.78. The summed E-state index contributed by atoms with van der Waals surface area (Å²) >= 11 is 1.74. The molecule has 7 nitrogen and oxygen atoms in total. The highest BCUT2D eigenvalue weighted by Gasteiger charge is 2.14. The molecule has 8 heteroatoms. The number of hydrogen-bond donors (Lipinski definition) is 2. The monoisotopic (exact) mass is 347 g/mol. The van der Waals surface area contributed by atoms with Crippen LogP contribution in [0.15, 0.2) is 11.2 Å². The third-order valence-electron chi connectivity index (χ3n) is 4.12. The number of nitrogens with zero attached hydrogens (tertiary/aromatic N) is 5. The molecule has 3 rings (SSSR count). The molecule has 2 aromatic heterocycles. The van der Waals surface area contributed by atoms with Gasteiger partial charge < -0.3 is 15.2 Å².